The van der Waals surface area contributed by atoms with Crippen LogP contribution in [0.4, 0.5) is 0 Å². The Morgan fingerprint density at radius 1 is 1.22 bits per heavy atom. The Balaban J connectivity index is 2.00. The van der Waals surface area contributed by atoms with Crippen molar-refractivity contribution in [2.75, 3.05) is 13.7 Å². The van der Waals surface area contributed by atoms with Crippen molar-refractivity contribution >= 4 is 10.2 Å². The zero-order valence-electron chi connectivity index (χ0n) is 11.1. The summed E-state index contributed by atoms with van der Waals surface area (Å²) >= 11 is 0. The van der Waals surface area contributed by atoms with E-state index in [-0.39, 0.29) is 12.6 Å². The van der Waals surface area contributed by atoms with Crippen molar-refractivity contribution in [1.29, 1.82) is 0 Å². The quantitative estimate of drug-likeness (QED) is 0.787. The molecule has 0 amide bonds. The Hall–Kier alpha value is -0.170. The summed E-state index contributed by atoms with van der Waals surface area (Å²) in [4.78, 5) is 0. The maximum absolute atomic E-state index is 12.3. The zero-order chi connectivity index (χ0) is 13.2. The van der Waals surface area contributed by atoms with Crippen molar-refractivity contribution in [1.82, 2.24) is 9.03 Å². The Bertz CT molecular complexity index is 367. The van der Waals surface area contributed by atoms with E-state index in [0.717, 1.165) is 44.9 Å². The highest BCUT2D eigenvalue weighted by atomic mass is 32.2. The van der Waals surface area contributed by atoms with Crippen molar-refractivity contribution < 1.29 is 13.5 Å². The first-order chi connectivity index (χ1) is 8.49. The molecule has 106 valence electrons. The highest BCUT2D eigenvalue weighted by molar-refractivity contribution is 7.87. The molecule has 0 bridgehead atoms. The molecule has 18 heavy (non-hydrogen) atoms. The molecule has 2 fully saturated rings. The number of aliphatic hydroxyl groups excluding tert-OH is 1. The first-order valence-electron chi connectivity index (χ1n) is 6.87. The SMILES string of the molecule is CN(C1CCCCC1)S(=O)(=O)NC1(CO)CCC1. The molecule has 0 aromatic rings. The van der Waals surface area contributed by atoms with Crippen molar-refractivity contribution in [2.45, 2.75) is 62.9 Å². The van der Waals surface area contributed by atoms with Crippen molar-refractivity contribution in [3.05, 3.63) is 0 Å². The standard InChI is InChI=1S/C12H24N2O3S/c1-14(11-6-3-2-4-7-11)18(16,17)13-12(10-15)8-5-9-12/h11,13,15H,2-10H2,1H3. The Labute approximate surface area is 110 Å². The van der Waals surface area contributed by atoms with Gasteiger partial charge >= 0.3 is 0 Å². The van der Waals surface area contributed by atoms with Gasteiger partial charge in [-0.05, 0) is 32.1 Å². The number of nitrogens with zero attached hydrogens (tertiary/aromatic N) is 1. The third-order valence-corrected chi connectivity index (χ3v) is 6.17. The molecule has 0 heterocycles. The van der Waals surface area contributed by atoms with E-state index in [1.54, 1.807) is 7.05 Å². The van der Waals surface area contributed by atoms with Gasteiger partial charge in [-0.25, -0.2) is 0 Å². The predicted molar refractivity (Wildman–Crippen MR) is 70.4 cm³/mol. The topological polar surface area (TPSA) is 69.6 Å². The van der Waals surface area contributed by atoms with Gasteiger partial charge in [-0.2, -0.15) is 17.4 Å². The minimum Gasteiger partial charge on any atom is -0.394 e. The van der Waals surface area contributed by atoms with E-state index >= 15 is 0 Å². The fraction of sp³-hybridized carbons (Fsp3) is 1.00. The van der Waals surface area contributed by atoms with Gasteiger partial charge in [0.1, 0.15) is 0 Å². The van der Waals surface area contributed by atoms with E-state index in [1.165, 1.54) is 10.7 Å². The molecule has 0 spiro atoms. The summed E-state index contributed by atoms with van der Waals surface area (Å²) in [5.74, 6) is 0. The summed E-state index contributed by atoms with van der Waals surface area (Å²) in [6, 6.07) is 0.118. The molecule has 6 heteroatoms. The fourth-order valence-corrected chi connectivity index (χ4v) is 4.45. The molecule has 0 unspecified atom stereocenters. The Morgan fingerprint density at radius 3 is 2.28 bits per heavy atom. The average Bonchev–Trinajstić information content (AvgIpc) is 2.34. The van der Waals surface area contributed by atoms with Crippen LogP contribution in [-0.4, -0.2) is 43.1 Å². The predicted octanol–water partition coefficient (Wildman–Crippen LogP) is 1.00. The largest absolute Gasteiger partial charge is 0.394 e. The second kappa shape index (κ2) is 5.45. The lowest BCUT2D eigenvalue weighted by molar-refractivity contribution is 0.108. The monoisotopic (exact) mass is 276 g/mol. The summed E-state index contributed by atoms with van der Waals surface area (Å²) in [6.45, 7) is -0.106. The maximum Gasteiger partial charge on any atom is 0.280 e. The zero-order valence-corrected chi connectivity index (χ0v) is 11.9. The lowest BCUT2D eigenvalue weighted by Gasteiger charge is -2.42. The van der Waals surface area contributed by atoms with Gasteiger partial charge in [-0.1, -0.05) is 19.3 Å². The number of nitrogens with one attached hydrogen (secondary N) is 1. The van der Waals surface area contributed by atoms with E-state index in [1.807, 2.05) is 0 Å². The number of aliphatic hydroxyl groups is 1. The van der Waals surface area contributed by atoms with Gasteiger partial charge in [-0.15, -0.1) is 0 Å². The smallest absolute Gasteiger partial charge is 0.280 e. The second-order valence-electron chi connectivity index (χ2n) is 5.71. The molecule has 0 saturated heterocycles. The third kappa shape index (κ3) is 2.87. The molecule has 2 aliphatic rings. The highest BCUT2D eigenvalue weighted by Crippen LogP contribution is 2.33. The summed E-state index contributed by atoms with van der Waals surface area (Å²) in [5.41, 5.74) is -0.595. The van der Waals surface area contributed by atoms with Crippen LogP contribution in [0.25, 0.3) is 0 Å². The molecule has 0 aromatic carbocycles. The molecule has 0 aromatic heterocycles. The summed E-state index contributed by atoms with van der Waals surface area (Å²) < 4.78 is 28.8. The van der Waals surface area contributed by atoms with Crippen molar-refractivity contribution in [3.63, 3.8) is 0 Å². The van der Waals surface area contributed by atoms with E-state index in [2.05, 4.69) is 4.72 Å². The molecule has 2 rings (SSSR count). The van der Waals surface area contributed by atoms with Gasteiger partial charge in [0.05, 0.1) is 12.1 Å². The van der Waals surface area contributed by atoms with Crippen LogP contribution < -0.4 is 4.72 Å². The minimum atomic E-state index is -3.47. The van der Waals surface area contributed by atoms with Crippen LogP contribution in [-0.2, 0) is 10.2 Å². The summed E-state index contributed by atoms with van der Waals surface area (Å²) in [7, 11) is -1.81. The van der Waals surface area contributed by atoms with Gasteiger partial charge in [0, 0.05) is 13.1 Å². The van der Waals surface area contributed by atoms with Gasteiger partial charge < -0.3 is 5.11 Å². The third-order valence-electron chi connectivity index (χ3n) is 4.43. The molecule has 2 aliphatic carbocycles. The van der Waals surface area contributed by atoms with Crippen LogP contribution in [0.3, 0.4) is 0 Å². The highest BCUT2D eigenvalue weighted by Gasteiger charge is 2.42. The maximum atomic E-state index is 12.3. The molecule has 0 radical (unpaired) electrons. The van der Waals surface area contributed by atoms with Crippen LogP contribution in [0.5, 0.6) is 0 Å². The Kier molecular flexibility index (Phi) is 4.31. The normalized spacial score (nSPS) is 25.1. The molecular formula is C12H24N2O3S. The van der Waals surface area contributed by atoms with E-state index in [9.17, 15) is 13.5 Å². The Morgan fingerprint density at radius 2 is 1.83 bits per heavy atom. The summed E-state index contributed by atoms with van der Waals surface area (Å²) in [5, 5.41) is 9.35. The molecule has 2 N–H and O–H groups in total. The van der Waals surface area contributed by atoms with Crippen LogP contribution in [0, 0.1) is 0 Å². The molecule has 2 saturated carbocycles. The van der Waals surface area contributed by atoms with Gasteiger partial charge in [0.25, 0.3) is 10.2 Å². The first kappa shape index (κ1) is 14.2. The number of hydrogen-bond donors (Lipinski definition) is 2. The van der Waals surface area contributed by atoms with E-state index in [4.69, 9.17) is 0 Å². The number of rotatable bonds is 5. The molecule has 0 aliphatic heterocycles. The van der Waals surface area contributed by atoms with E-state index < -0.39 is 15.7 Å². The average molecular weight is 276 g/mol. The van der Waals surface area contributed by atoms with Crippen molar-refractivity contribution in [2.24, 2.45) is 0 Å². The van der Waals surface area contributed by atoms with Gasteiger partial charge in [-0.3, -0.25) is 0 Å². The minimum absolute atomic E-state index is 0.106. The molecule has 5 nitrogen and oxygen atoms in total. The lowest BCUT2D eigenvalue weighted by atomic mass is 9.78. The van der Waals surface area contributed by atoms with Crippen LogP contribution in [0.1, 0.15) is 51.4 Å². The van der Waals surface area contributed by atoms with Gasteiger partial charge in [0.15, 0.2) is 0 Å². The molecule has 0 atom stereocenters. The molecular weight excluding hydrogens is 252 g/mol. The first-order valence-corrected chi connectivity index (χ1v) is 8.31. The lowest BCUT2D eigenvalue weighted by Crippen LogP contribution is -2.60. The number of hydrogen-bond acceptors (Lipinski definition) is 3. The second-order valence-corrected chi connectivity index (χ2v) is 7.44. The van der Waals surface area contributed by atoms with E-state index in [0.29, 0.717) is 0 Å². The van der Waals surface area contributed by atoms with Gasteiger partial charge in [0.2, 0.25) is 0 Å². The summed E-state index contributed by atoms with van der Waals surface area (Å²) in [6.07, 6.45) is 7.77. The van der Waals surface area contributed by atoms with Crippen molar-refractivity contribution in [3.8, 4) is 0 Å². The fourth-order valence-electron chi connectivity index (χ4n) is 2.88. The van der Waals surface area contributed by atoms with Crippen LogP contribution in [0.15, 0.2) is 0 Å². The van der Waals surface area contributed by atoms with Crippen LogP contribution >= 0.6 is 0 Å². The van der Waals surface area contributed by atoms with Crippen LogP contribution in [0.2, 0.25) is 0 Å².